The van der Waals surface area contributed by atoms with Gasteiger partial charge in [0.1, 0.15) is 5.69 Å². The van der Waals surface area contributed by atoms with Gasteiger partial charge < -0.3 is 4.90 Å². The molecule has 0 aliphatic heterocycles. The van der Waals surface area contributed by atoms with Gasteiger partial charge in [-0.05, 0) is 40.9 Å². The van der Waals surface area contributed by atoms with E-state index in [1.807, 2.05) is 17.0 Å². The molecule has 0 aliphatic rings. The van der Waals surface area contributed by atoms with Gasteiger partial charge in [0.15, 0.2) is 0 Å². The van der Waals surface area contributed by atoms with Crippen molar-refractivity contribution in [1.29, 1.82) is 0 Å². The maximum Gasteiger partial charge on any atom is 0.273 e. The van der Waals surface area contributed by atoms with E-state index in [0.717, 1.165) is 22.6 Å². The average Bonchev–Trinajstić information content (AvgIpc) is 2.39. The Morgan fingerprint density at radius 3 is 2.61 bits per heavy atom. The molecule has 0 aliphatic carbocycles. The second kappa shape index (κ2) is 7.89. The summed E-state index contributed by atoms with van der Waals surface area (Å²) in [4.78, 5) is 18.6. The highest BCUT2D eigenvalue weighted by atomic mass is 79.9. The van der Waals surface area contributed by atoms with E-state index < -0.39 is 0 Å². The van der Waals surface area contributed by atoms with Gasteiger partial charge in [-0.2, -0.15) is 0 Å². The lowest BCUT2D eigenvalue weighted by Gasteiger charge is -2.30. The standard InChI is InChI=1S/C13H18Br2N2O/c1-3-10(4-2)17(9-7-14)13(18)12-11(15)6-5-8-16-12/h5-6,8,10H,3-4,7,9H2,1-2H3. The molecular formula is C13H18Br2N2O. The zero-order valence-corrected chi connectivity index (χ0v) is 13.9. The molecule has 1 rings (SSSR count). The highest BCUT2D eigenvalue weighted by molar-refractivity contribution is 9.10. The zero-order valence-electron chi connectivity index (χ0n) is 10.7. The summed E-state index contributed by atoms with van der Waals surface area (Å²) in [6.45, 7) is 4.92. The van der Waals surface area contributed by atoms with Crippen LogP contribution >= 0.6 is 31.9 Å². The van der Waals surface area contributed by atoms with E-state index >= 15 is 0 Å². The van der Waals surface area contributed by atoms with E-state index in [-0.39, 0.29) is 11.9 Å². The fourth-order valence-corrected chi connectivity index (χ4v) is 2.76. The molecule has 3 nitrogen and oxygen atoms in total. The van der Waals surface area contributed by atoms with Crippen LogP contribution in [-0.4, -0.2) is 33.7 Å². The van der Waals surface area contributed by atoms with Crippen molar-refractivity contribution in [2.75, 3.05) is 11.9 Å². The molecule has 0 fully saturated rings. The summed E-state index contributed by atoms with van der Waals surface area (Å²) < 4.78 is 0.750. The van der Waals surface area contributed by atoms with Gasteiger partial charge in [-0.1, -0.05) is 29.8 Å². The van der Waals surface area contributed by atoms with E-state index in [0.29, 0.717) is 12.2 Å². The van der Waals surface area contributed by atoms with Gasteiger partial charge in [0, 0.05) is 28.6 Å². The summed E-state index contributed by atoms with van der Waals surface area (Å²) in [6, 6.07) is 3.93. The Kier molecular flexibility index (Phi) is 6.86. The minimum atomic E-state index is -0.00405. The fourth-order valence-electron chi connectivity index (χ4n) is 1.95. The molecule has 1 aromatic rings. The summed E-state index contributed by atoms with van der Waals surface area (Å²) in [5.74, 6) is -0.00405. The van der Waals surface area contributed by atoms with Crippen LogP contribution in [0.25, 0.3) is 0 Å². The molecular weight excluding hydrogens is 360 g/mol. The summed E-state index contributed by atoms with van der Waals surface area (Å²) in [6.07, 6.45) is 3.57. The van der Waals surface area contributed by atoms with Crippen LogP contribution in [0.4, 0.5) is 0 Å². The molecule has 0 aromatic carbocycles. The predicted octanol–water partition coefficient (Wildman–Crippen LogP) is 3.87. The van der Waals surface area contributed by atoms with Gasteiger partial charge >= 0.3 is 0 Å². The van der Waals surface area contributed by atoms with Gasteiger partial charge in [0.05, 0.1) is 0 Å². The number of hydrogen-bond acceptors (Lipinski definition) is 2. The predicted molar refractivity (Wildman–Crippen MR) is 81.1 cm³/mol. The van der Waals surface area contributed by atoms with E-state index in [1.54, 1.807) is 6.20 Å². The van der Waals surface area contributed by atoms with Crippen LogP contribution in [0, 0.1) is 0 Å². The molecule has 0 bridgehead atoms. The number of carbonyl (C=O) groups excluding carboxylic acids is 1. The van der Waals surface area contributed by atoms with Gasteiger partial charge in [0.2, 0.25) is 0 Å². The molecule has 1 heterocycles. The Bertz CT molecular complexity index is 394. The molecule has 0 spiro atoms. The monoisotopic (exact) mass is 376 g/mol. The van der Waals surface area contributed by atoms with Crippen molar-refractivity contribution >= 4 is 37.8 Å². The third-order valence-electron chi connectivity index (χ3n) is 2.93. The smallest absolute Gasteiger partial charge is 0.273 e. The number of nitrogens with zero attached hydrogens (tertiary/aromatic N) is 2. The number of pyridine rings is 1. The maximum absolute atomic E-state index is 12.5. The molecule has 0 saturated heterocycles. The first kappa shape index (κ1) is 15.6. The van der Waals surface area contributed by atoms with Gasteiger partial charge in [-0.15, -0.1) is 0 Å². The van der Waals surface area contributed by atoms with Crippen LogP contribution in [-0.2, 0) is 0 Å². The van der Waals surface area contributed by atoms with Crippen molar-refractivity contribution in [3.63, 3.8) is 0 Å². The molecule has 18 heavy (non-hydrogen) atoms. The van der Waals surface area contributed by atoms with E-state index in [4.69, 9.17) is 0 Å². The Labute approximate surface area is 125 Å². The molecule has 0 saturated carbocycles. The first-order valence-electron chi connectivity index (χ1n) is 6.13. The Morgan fingerprint density at radius 1 is 1.44 bits per heavy atom. The number of halogens is 2. The first-order chi connectivity index (χ1) is 8.65. The maximum atomic E-state index is 12.5. The second-order valence-corrected chi connectivity index (χ2v) is 5.64. The van der Waals surface area contributed by atoms with Gasteiger partial charge in [-0.25, -0.2) is 4.98 Å². The molecule has 100 valence electrons. The van der Waals surface area contributed by atoms with Gasteiger partial charge in [0.25, 0.3) is 5.91 Å². The minimum absolute atomic E-state index is 0.00405. The molecule has 1 aromatic heterocycles. The van der Waals surface area contributed by atoms with E-state index in [2.05, 4.69) is 50.7 Å². The van der Waals surface area contributed by atoms with Crippen LogP contribution in [0.15, 0.2) is 22.8 Å². The van der Waals surface area contributed by atoms with Crippen molar-refractivity contribution in [1.82, 2.24) is 9.88 Å². The largest absolute Gasteiger partial charge is 0.333 e. The second-order valence-electron chi connectivity index (χ2n) is 3.99. The Balaban J connectivity index is 2.99. The fraction of sp³-hybridized carbons (Fsp3) is 0.538. The SMILES string of the molecule is CCC(CC)N(CCBr)C(=O)c1ncccc1Br. The summed E-state index contributed by atoms with van der Waals surface area (Å²) in [5.41, 5.74) is 0.491. The molecule has 5 heteroatoms. The lowest BCUT2D eigenvalue weighted by molar-refractivity contribution is 0.0676. The highest BCUT2D eigenvalue weighted by Crippen LogP contribution is 2.19. The lowest BCUT2D eigenvalue weighted by atomic mass is 10.1. The molecule has 0 radical (unpaired) electrons. The first-order valence-corrected chi connectivity index (χ1v) is 8.04. The minimum Gasteiger partial charge on any atom is -0.333 e. The van der Waals surface area contributed by atoms with Crippen molar-refractivity contribution in [2.45, 2.75) is 32.7 Å². The van der Waals surface area contributed by atoms with E-state index in [9.17, 15) is 4.79 Å². The summed E-state index contributed by atoms with van der Waals surface area (Å²) in [7, 11) is 0. The number of amides is 1. The highest BCUT2D eigenvalue weighted by Gasteiger charge is 2.24. The third-order valence-corrected chi connectivity index (χ3v) is 3.93. The Hall–Kier alpha value is -0.420. The summed E-state index contributed by atoms with van der Waals surface area (Å²) >= 11 is 6.80. The van der Waals surface area contributed by atoms with E-state index in [1.165, 1.54) is 0 Å². The van der Waals surface area contributed by atoms with Gasteiger partial charge in [-0.3, -0.25) is 4.79 Å². The number of alkyl halides is 1. The number of carbonyl (C=O) groups is 1. The van der Waals surface area contributed by atoms with Crippen molar-refractivity contribution in [2.24, 2.45) is 0 Å². The molecule has 1 amide bonds. The van der Waals surface area contributed by atoms with Crippen LogP contribution in [0.2, 0.25) is 0 Å². The normalized spacial score (nSPS) is 10.7. The van der Waals surface area contributed by atoms with Crippen LogP contribution in [0.3, 0.4) is 0 Å². The van der Waals surface area contributed by atoms with Crippen molar-refractivity contribution < 1.29 is 4.79 Å². The zero-order chi connectivity index (χ0) is 13.5. The molecule has 0 unspecified atom stereocenters. The Morgan fingerprint density at radius 2 is 2.11 bits per heavy atom. The lowest BCUT2D eigenvalue weighted by Crippen LogP contribution is -2.41. The van der Waals surface area contributed by atoms with Crippen LogP contribution in [0.1, 0.15) is 37.2 Å². The number of rotatable bonds is 6. The average molecular weight is 378 g/mol. The molecule has 0 N–H and O–H groups in total. The van der Waals surface area contributed by atoms with Crippen LogP contribution in [0.5, 0.6) is 0 Å². The molecule has 0 atom stereocenters. The number of hydrogen-bond donors (Lipinski definition) is 0. The third kappa shape index (κ3) is 3.79. The topological polar surface area (TPSA) is 33.2 Å². The van der Waals surface area contributed by atoms with Crippen molar-refractivity contribution in [3.05, 3.63) is 28.5 Å². The van der Waals surface area contributed by atoms with Crippen molar-refractivity contribution in [3.8, 4) is 0 Å². The van der Waals surface area contributed by atoms with Crippen LogP contribution < -0.4 is 0 Å². The quantitative estimate of drug-likeness (QED) is 0.705. The number of aromatic nitrogens is 1. The summed E-state index contributed by atoms with van der Waals surface area (Å²) in [5, 5.41) is 0.777.